The van der Waals surface area contributed by atoms with E-state index in [0.29, 0.717) is 18.2 Å². The lowest BCUT2D eigenvalue weighted by Gasteiger charge is -2.30. The first-order valence-electron chi connectivity index (χ1n) is 8.21. The molecule has 1 N–H and O–H groups in total. The van der Waals surface area contributed by atoms with Crippen LogP contribution in [0.25, 0.3) is 6.08 Å². The monoisotopic (exact) mass is 309 g/mol. The Morgan fingerprint density at radius 3 is 2.83 bits per heavy atom. The molecule has 1 fully saturated rings. The van der Waals surface area contributed by atoms with Crippen LogP contribution < -0.4 is 5.56 Å². The molecule has 1 aromatic heterocycles. The third kappa shape index (κ3) is 4.17. The zero-order valence-corrected chi connectivity index (χ0v) is 13.5. The molecule has 3 rings (SSSR count). The topological polar surface area (TPSA) is 49.0 Å². The van der Waals surface area contributed by atoms with Gasteiger partial charge in [-0.2, -0.15) is 0 Å². The Hall–Kier alpha value is -2.20. The summed E-state index contributed by atoms with van der Waals surface area (Å²) in [7, 11) is 0. The predicted molar refractivity (Wildman–Crippen MR) is 93.1 cm³/mol. The van der Waals surface area contributed by atoms with Gasteiger partial charge in [0.15, 0.2) is 0 Å². The highest BCUT2D eigenvalue weighted by molar-refractivity contribution is 5.53. The van der Waals surface area contributed by atoms with E-state index in [4.69, 9.17) is 0 Å². The number of likely N-dealkylation sites (tertiary alicyclic amines) is 1. The number of hydrogen-bond acceptors (Lipinski definition) is 3. The van der Waals surface area contributed by atoms with Crippen LogP contribution in [0.5, 0.6) is 0 Å². The van der Waals surface area contributed by atoms with Gasteiger partial charge in [-0.1, -0.05) is 36.4 Å². The van der Waals surface area contributed by atoms with Gasteiger partial charge in [-0.15, -0.1) is 0 Å². The fourth-order valence-corrected chi connectivity index (χ4v) is 3.02. The van der Waals surface area contributed by atoms with Crippen LogP contribution in [-0.2, 0) is 6.54 Å². The van der Waals surface area contributed by atoms with Crippen molar-refractivity contribution in [2.45, 2.75) is 26.3 Å². The largest absolute Gasteiger partial charge is 0.326 e. The Kier molecular flexibility index (Phi) is 5.03. The molecule has 0 atom stereocenters. The van der Waals surface area contributed by atoms with E-state index in [0.717, 1.165) is 25.9 Å². The maximum Gasteiger partial charge on any atom is 0.270 e. The summed E-state index contributed by atoms with van der Waals surface area (Å²) in [6, 6.07) is 8.46. The van der Waals surface area contributed by atoms with Gasteiger partial charge in [0.05, 0.1) is 0 Å². The number of aryl methyl sites for hydroxylation is 1. The Balaban J connectivity index is 1.54. The van der Waals surface area contributed by atoms with E-state index in [-0.39, 0.29) is 5.56 Å². The van der Waals surface area contributed by atoms with Gasteiger partial charge in [0.2, 0.25) is 0 Å². The standard InChI is InChI=1S/C19H23N3O/c1-15-4-2-3-5-17(15)7-6-16-8-12-22(13-9-16)14-18-19(23)21-11-10-20-18/h2-7,10-11,16H,8-9,12-14H2,1H3,(H,21,23). The minimum Gasteiger partial charge on any atom is -0.326 e. The van der Waals surface area contributed by atoms with Gasteiger partial charge >= 0.3 is 0 Å². The van der Waals surface area contributed by atoms with Crippen LogP contribution in [0.1, 0.15) is 29.7 Å². The van der Waals surface area contributed by atoms with E-state index in [1.165, 1.54) is 11.1 Å². The van der Waals surface area contributed by atoms with Crippen molar-refractivity contribution in [3.8, 4) is 0 Å². The van der Waals surface area contributed by atoms with Crippen molar-refractivity contribution < 1.29 is 0 Å². The van der Waals surface area contributed by atoms with Gasteiger partial charge in [-0.05, 0) is 49.9 Å². The molecule has 0 bridgehead atoms. The second-order valence-electron chi connectivity index (χ2n) is 6.19. The summed E-state index contributed by atoms with van der Waals surface area (Å²) in [6.07, 6.45) is 10.1. The molecule has 0 unspecified atom stereocenters. The first-order chi connectivity index (χ1) is 11.2. The second kappa shape index (κ2) is 7.38. The smallest absolute Gasteiger partial charge is 0.270 e. The second-order valence-corrected chi connectivity index (χ2v) is 6.19. The molecule has 1 aliphatic rings. The molecular weight excluding hydrogens is 286 g/mol. The van der Waals surface area contributed by atoms with Crippen molar-refractivity contribution >= 4 is 6.08 Å². The van der Waals surface area contributed by atoms with Crippen LogP contribution >= 0.6 is 0 Å². The zero-order chi connectivity index (χ0) is 16.1. The summed E-state index contributed by atoms with van der Waals surface area (Å²) in [5, 5.41) is 0. The van der Waals surface area contributed by atoms with Crippen LogP contribution in [0.2, 0.25) is 0 Å². The Labute approximate surface area is 136 Å². The lowest BCUT2D eigenvalue weighted by atomic mass is 9.95. The molecule has 2 aromatic rings. The molecule has 23 heavy (non-hydrogen) atoms. The van der Waals surface area contributed by atoms with Gasteiger partial charge in [0.1, 0.15) is 5.69 Å². The van der Waals surface area contributed by atoms with Gasteiger partial charge in [0, 0.05) is 18.9 Å². The fraction of sp³-hybridized carbons (Fsp3) is 0.368. The van der Waals surface area contributed by atoms with Crippen molar-refractivity contribution in [1.82, 2.24) is 14.9 Å². The molecule has 4 nitrogen and oxygen atoms in total. The number of hydrogen-bond donors (Lipinski definition) is 1. The van der Waals surface area contributed by atoms with Gasteiger partial charge in [0.25, 0.3) is 5.56 Å². The summed E-state index contributed by atoms with van der Waals surface area (Å²) >= 11 is 0. The number of rotatable bonds is 4. The number of H-pyrrole nitrogens is 1. The van der Waals surface area contributed by atoms with E-state index < -0.39 is 0 Å². The highest BCUT2D eigenvalue weighted by atomic mass is 16.1. The van der Waals surface area contributed by atoms with E-state index >= 15 is 0 Å². The summed E-state index contributed by atoms with van der Waals surface area (Å²) in [5.74, 6) is 0.618. The zero-order valence-electron chi connectivity index (χ0n) is 13.5. The number of nitrogens with zero attached hydrogens (tertiary/aromatic N) is 2. The van der Waals surface area contributed by atoms with Gasteiger partial charge in [-0.3, -0.25) is 14.7 Å². The maximum atomic E-state index is 11.7. The summed E-state index contributed by atoms with van der Waals surface area (Å²) in [5.41, 5.74) is 3.15. The van der Waals surface area contributed by atoms with E-state index in [2.05, 4.69) is 58.2 Å². The van der Waals surface area contributed by atoms with Gasteiger partial charge < -0.3 is 4.98 Å². The minimum absolute atomic E-state index is 0.0749. The number of benzene rings is 1. The third-order valence-electron chi connectivity index (χ3n) is 4.52. The minimum atomic E-state index is -0.0749. The van der Waals surface area contributed by atoms with Crippen molar-refractivity contribution in [3.63, 3.8) is 0 Å². The Morgan fingerprint density at radius 1 is 1.30 bits per heavy atom. The average molecular weight is 309 g/mol. The Morgan fingerprint density at radius 2 is 2.09 bits per heavy atom. The molecule has 4 heteroatoms. The number of nitrogens with one attached hydrogen (secondary N) is 1. The summed E-state index contributed by atoms with van der Waals surface area (Å²) in [6.45, 7) is 4.81. The predicted octanol–water partition coefficient (Wildman–Crippen LogP) is 3.00. The SMILES string of the molecule is Cc1ccccc1C=CC1CCN(Cc2ncc[nH]c2=O)CC1. The molecule has 0 saturated carbocycles. The molecule has 0 amide bonds. The molecule has 1 aromatic carbocycles. The highest BCUT2D eigenvalue weighted by Crippen LogP contribution is 2.21. The molecule has 0 spiro atoms. The number of piperidine rings is 1. The molecule has 1 aliphatic heterocycles. The van der Waals surface area contributed by atoms with Crippen molar-refractivity contribution in [3.05, 3.63) is 69.9 Å². The van der Waals surface area contributed by atoms with Crippen LogP contribution in [0.3, 0.4) is 0 Å². The molecule has 120 valence electrons. The van der Waals surface area contributed by atoms with Gasteiger partial charge in [-0.25, -0.2) is 0 Å². The number of aromatic amines is 1. The lowest BCUT2D eigenvalue weighted by molar-refractivity contribution is 0.193. The third-order valence-corrected chi connectivity index (χ3v) is 4.52. The molecule has 0 radical (unpaired) electrons. The average Bonchev–Trinajstić information content (AvgIpc) is 2.57. The van der Waals surface area contributed by atoms with Crippen molar-refractivity contribution in [2.75, 3.05) is 13.1 Å². The molecular formula is C19H23N3O. The first kappa shape index (κ1) is 15.7. The lowest BCUT2D eigenvalue weighted by Crippen LogP contribution is -2.34. The van der Waals surface area contributed by atoms with Crippen LogP contribution in [0.15, 0.2) is 47.5 Å². The molecule has 1 saturated heterocycles. The van der Waals surface area contributed by atoms with Crippen LogP contribution in [-0.4, -0.2) is 28.0 Å². The molecule has 0 aliphatic carbocycles. The van der Waals surface area contributed by atoms with Crippen molar-refractivity contribution in [1.29, 1.82) is 0 Å². The van der Waals surface area contributed by atoms with Crippen molar-refractivity contribution in [2.24, 2.45) is 5.92 Å². The molecule has 2 heterocycles. The first-order valence-corrected chi connectivity index (χ1v) is 8.21. The van der Waals surface area contributed by atoms with E-state index in [1.807, 2.05) is 0 Å². The summed E-state index contributed by atoms with van der Waals surface area (Å²) in [4.78, 5) is 20.9. The number of allylic oxidation sites excluding steroid dienone is 1. The summed E-state index contributed by atoms with van der Waals surface area (Å²) < 4.78 is 0. The normalized spacial score (nSPS) is 16.9. The van der Waals surface area contributed by atoms with E-state index in [9.17, 15) is 4.79 Å². The maximum absolute atomic E-state index is 11.7. The van der Waals surface area contributed by atoms with Crippen LogP contribution in [0, 0.1) is 12.8 Å². The quantitative estimate of drug-likeness (QED) is 0.944. The Bertz CT molecular complexity index is 727. The number of aromatic nitrogens is 2. The van der Waals surface area contributed by atoms with Crippen LogP contribution in [0.4, 0.5) is 0 Å². The fourth-order valence-electron chi connectivity index (χ4n) is 3.02. The van der Waals surface area contributed by atoms with E-state index in [1.54, 1.807) is 12.4 Å². The highest BCUT2D eigenvalue weighted by Gasteiger charge is 2.18.